The topological polar surface area (TPSA) is 110 Å². The highest BCUT2D eigenvalue weighted by molar-refractivity contribution is 6.02. The number of urea groups is 1. The molecule has 1 rings (SSSR count). The zero-order valence-corrected chi connectivity index (χ0v) is 10.7. The SMILES string of the molecule is CN(C)C(=O)NC(=O)C=Cc1cn(C)nc1[N+](=O)[O-]. The van der Waals surface area contributed by atoms with Crippen LogP contribution < -0.4 is 5.32 Å². The number of carbonyl (C=O) groups is 2. The third kappa shape index (κ3) is 3.91. The summed E-state index contributed by atoms with van der Waals surface area (Å²) in [6.45, 7) is 0. The van der Waals surface area contributed by atoms with Crippen LogP contribution in [0.2, 0.25) is 0 Å². The lowest BCUT2D eigenvalue weighted by atomic mass is 10.3. The largest absolute Gasteiger partial charge is 0.397 e. The molecule has 3 amide bonds. The van der Waals surface area contributed by atoms with Gasteiger partial charge in [-0.3, -0.25) is 10.1 Å². The van der Waals surface area contributed by atoms with Crippen LogP contribution in [-0.4, -0.2) is 45.6 Å². The number of nitrogens with one attached hydrogen (secondary N) is 1. The van der Waals surface area contributed by atoms with Gasteiger partial charge in [-0.05, 0) is 11.0 Å². The van der Waals surface area contributed by atoms with E-state index in [1.54, 1.807) is 0 Å². The maximum Gasteiger partial charge on any atom is 0.397 e. The van der Waals surface area contributed by atoms with Crippen LogP contribution in [0.5, 0.6) is 0 Å². The molecule has 0 aromatic carbocycles. The van der Waals surface area contributed by atoms with E-state index in [1.807, 2.05) is 0 Å². The maximum absolute atomic E-state index is 11.4. The van der Waals surface area contributed by atoms with Crippen LogP contribution in [0.1, 0.15) is 5.56 Å². The molecule has 0 aliphatic carbocycles. The van der Waals surface area contributed by atoms with Crippen molar-refractivity contribution >= 4 is 23.8 Å². The Morgan fingerprint density at radius 3 is 2.68 bits per heavy atom. The first-order valence-corrected chi connectivity index (χ1v) is 5.19. The average molecular weight is 267 g/mol. The Labute approximate surface area is 108 Å². The summed E-state index contributed by atoms with van der Waals surface area (Å²) in [6.07, 6.45) is 3.66. The van der Waals surface area contributed by atoms with Crippen LogP contribution in [0.3, 0.4) is 0 Å². The van der Waals surface area contributed by atoms with Crippen molar-refractivity contribution in [3.8, 4) is 0 Å². The molecule has 1 heterocycles. The van der Waals surface area contributed by atoms with Crippen molar-refractivity contribution < 1.29 is 14.5 Å². The molecule has 1 N–H and O–H groups in total. The number of hydrogen-bond donors (Lipinski definition) is 1. The number of rotatable bonds is 3. The van der Waals surface area contributed by atoms with Gasteiger partial charge in [-0.25, -0.2) is 4.79 Å². The molecule has 0 bridgehead atoms. The molecular weight excluding hydrogens is 254 g/mol. The summed E-state index contributed by atoms with van der Waals surface area (Å²) < 4.78 is 1.26. The molecule has 9 nitrogen and oxygen atoms in total. The lowest BCUT2D eigenvalue weighted by Crippen LogP contribution is -2.37. The molecule has 1 aromatic rings. The van der Waals surface area contributed by atoms with E-state index < -0.39 is 16.9 Å². The maximum atomic E-state index is 11.4. The van der Waals surface area contributed by atoms with Crippen molar-refractivity contribution in [1.29, 1.82) is 0 Å². The molecule has 0 fully saturated rings. The van der Waals surface area contributed by atoms with Gasteiger partial charge in [-0.1, -0.05) is 0 Å². The van der Waals surface area contributed by atoms with Gasteiger partial charge in [-0.2, -0.15) is 4.68 Å². The quantitative estimate of drug-likeness (QED) is 0.475. The predicted molar refractivity (Wildman–Crippen MR) is 66.1 cm³/mol. The average Bonchev–Trinajstić information content (AvgIpc) is 2.68. The van der Waals surface area contributed by atoms with Crippen molar-refractivity contribution in [3.05, 3.63) is 28.0 Å². The molecule has 0 spiro atoms. The lowest BCUT2D eigenvalue weighted by molar-refractivity contribution is -0.390. The molecular formula is C10H13N5O4. The summed E-state index contributed by atoms with van der Waals surface area (Å²) in [6, 6.07) is -0.574. The Morgan fingerprint density at radius 2 is 2.16 bits per heavy atom. The summed E-state index contributed by atoms with van der Waals surface area (Å²) in [5, 5.41) is 16.4. The van der Waals surface area contributed by atoms with Crippen molar-refractivity contribution in [1.82, 2.24) is 20.0 Å². The van der Waals surface area contributed by atoms with E-state index in [4.69, 9.17) is 0 Å². The zero-order chi connectivity index (χ0) is 14.6. The first-order chi connectivity index (χ1) is 8.81. The van der Waals surface area contributed by atoms with E-state index >= 15 is 0 Å². The standard InChI is InChI=1S/C10H13N5O4/c1-13(2)10(17)11-8(16)5-4-7-6-14(3)12-9(7)15(18)19/h4-6H,1-3H3,(H,11,16,17). The molecule has 0 unspecified atom stereocenters. The zero-order valence-electron chi connectivity index (χ0n) is 10.7. The Balaban J connectivity index is 2.79. The van der Waals surface area contributed by atoms with Crippen molar-refractivity contribution in [2.45, 2.75) is 0 Å². The van der Waals surface area contributed by atoms with Crippen LogP contribution in [-0.2, 0) is 11.8 Å². The van der Waals surface area contributed by atoms with Gasteiger partial charge in [0.15, 0.2) is 0 Å². The van der Waals surface area contributed by atoms with Gasteiger partial charge in [0.05, 0.1) is 23.9 Å². The summed E-state index contributed by atoms with van der Waals surface area (Å²) in [4.78, 5) is 33.8. The van der Waals surface area contributed by atoms with E-state index in [-0.39, 0.29) is 11.4 Å². The Bertz CT molecular complexity index is 546. The third-order valence-electron chi connectivity index (χ3n) is 2.06. The van der Waals surface area contributed by atoms with E-state index in [2.05, 4.69) is 10.4 Å². The Kier molecular flexibility index (Phi) is 4.35. The first kappa shape index (κ1) is 14.4. The molecule has 0 saturated heterocycles. The predicted octanol–water partition coefficient (Wildman–Crippen LogP) is 0.139. The molecule has 102 valence electrons. The van der Waals surface area contributed by atoms with E-state index in [0.29, 0.717) is 0 Å². The van der Waals surface area contributed by atoms with Gasteiger partial charge >= 0.3 is 11.8 Å². The van der Waals surface area contributed by atoms with Gasteiger partial charge in [-0.15, -0.1) is 0 Å². The fourth-order valence-corrected chi connectivity index (χ4v) is 1.18. The van der Waals surface area contributed by atoms with Crippen LogP contribution in [0.25, 0.3) is 6.08 Å². The number of carbonyl (C=O) groups excluding carboxylic acids is 2. The molecule has 9 heteroatoms. The fourth-order valence-electron chi connectivity index (χ4n) is 1.18. The number of aromatic nitrogens is 2. The lowest BCUT2D eigenvalue weighted by Gasteiger charge is -2.08. The summed E-state index contributed by atoms with van der Waals surface area (Å²) in [5.41, 5.74) is 0.181. The Hall–Kier alpha value is -2.71. The van der Waals surface area contributed by atoms with Crippen LogP contribution in [0.15, 0.2) is 12.3 Å². The highest BCUT2D eigenvalue weighted by Crippen LogP contribution is 2.16. The van der Waals surface area contributed by atoms with Gasteiger partial charge in [0.25, 0.3) is 5.91 Å². The van der Waals surface area contributed by atoms with Crippen molar-refractivity contribution in [2.75, 3.05) is 14.1 Å². The first-order valence-electron chi connectivity index (χ1n) is 5.19. The minimum Gasteiger partial charge on any atom is -0.358 e. The van der Waals surface area contributed by atoms with Gasteiger partial charge in [0, 0.05) is 20.2 Å². The number of amides is 3. The third-order valence-corrected chi connectivity index (χ3v) is 2.06. The summed E-state index contributed by atoms with van der Waals surface area (Å²) in [7, 11) is 4.50. The molecule has 0 aliphatic heterocycles. The monoisotopic (exact) mass is 267 g/mol. The molecule has 0 aliphatic rings. The second-order valence-corrected chi connectivity index (χ2v) is 3.86. The number of hydrogen-bond acceptors (Lipinski definition) is 5. The molecule has 0 saturated carbocycles. The van der Waals surface area contributed by atoms with Gasteiger partial charge in [0.2, 0.25) is 0 Å². The minimum atomic E-state index is -0.670. The number of nitrogens with zero attached hydrogens (tertiary/aromatic N) is 4. The second-order valence-electron chi connectivity index (χ2n) is 3.86. The normalized spacial score (nSPS) is 10.5. The number of nitro groups is 1. The number of aryl methyl sites for hydroxylation is 1. The van der Waals surface area contributed by atoms with E-state index in [0.717, 1.165) is 6.08 Å². The van der Waals surface area contributed by atoms with Crippen molar-refractivity contribution in [3.63, 3.8) is 0 Å². The van der Waals surface area contributed by atoms with E-state index in [9.17, 15) is 19.7 Å². The van der Waals surface area contributed by atoms with Crippen LogP contribution >= 0.6 is 0 Å². The molecule has 0 atom stereocenters. The van der Waals surface area contributed by atoms with Gasteiger partial charge in [0.1, 0.15) is 0 Å². The molecule has 19 heavy (non-hydrogen) atoms. The second kappa shape index (κ2) is 5.76. The molecule has 0 radical (unpaired) electrons. The van der Waals surface area contributed by atoms with Crippen LogP contribution in [0.4, 0.5) is 10.6 Å². The summed E-state index contributed by atoms with van der Waals surface area (Å²) in [5.74, 6) is -1.03. The molecule has 1 aromatic heterocycles. The highest BCUT2D eigenvalue weighted by Gasteiger charge is 2.17. The number of imide groups is 1. The summed E-state index contributed by atoms with van der Waals surface area (Å²) >= 11 is 0. The smallest absolute Gasteiger partial charge is 0.358 e. The van der Waals surface area contributed by atoms with E-state index in [1.165, 1.54) is 43.0 Å². The highest BCUT2D eigenvalue weighted by atomic mass is 16.6. The van der Waals surface area contributed by atoms with Gasteiger partial charge < -0.3 is 15.0 Å². The Morgan fingerprint density at radius 1 is 1.53 bits per heavy atom. The minimum absolute atomic E-state index is 0.181. The fraction of sp³-hybridized carbons (Fsp3) is 0.300. The van der Waals surface area contributed by atoms with Crippen LogP contribution in [0, 0.1) is 10.1 Å². The van der Waals surface area contributed by atoms with Crippen molar-refractivity contribution in [2.24, 2.45) is 7.05 Å².